The van der Waals surface area contributed by atoms with E-state index in [9.17, 15) is 14.4 Å². The summed E-state index contributed by atoms with van der Waals surface area (Å²) in [6.07, 6.45) is 0.305. The number of hydrogen-bond acceptors (Lipinski definition) is 5. The standard InChI is InChI=1S/C19H25N5O4/c1-11(2)9-15(19(27)28)21-16(25)10-20-18(26)17-13(4)24(23-22-17)14-7-5-12(3)6-8-14/h5-8,11,15H,9-10H2,1-4H3,(H,20,26)(H,21,25)(H,27,28)/t15-/m0/s1. The largest absolute Gasteiger partial charge is 0.480 e. The average molecular weight is 387 g/mol. The Balaban J connectivity index is 1.99. The van der Waals surface area contributed by atoms with E-state index in [0.717, 1.165) is 11.3 Å². The first-order chi connectivity index (χ1) is 13.2. The van der Waals surface area contributed by atoms with Gasteiger partial charge in [-0.15, -0.1) is 5.10 Å². The average Bonchev–Trinajstić information content (AvgIpc) is 3.01. The van der Waals surface area contributed by atoms with Gasteiger partial charge in [-0.25, -0.2) is 9.48 Å². The van der Waals surface area contributed by atoms with Crippen molar-refractivity contribution >= 4 is 17.8 Å². The van der Waals surface area contributed by atoms with Crippen LogP contribution in [0.1, 0.15) is 42.0 Å². The first-order valence-corrected chi connectivity index (χ1v) is 8.98. The molecule has 2 aromatic rings. The minimum Gasteiger partial charge on any atom is -0.480 e. The zero-order chi connectivity index (χ0) is 20.8. The Kier molecular flexibility index (Phi) is 6.86. The zero-order valence-electron chi connectivity index (χ0n) is 16.4. The highest BCUT2D eigenvalue weighted by Gasteiger charge is 2.22. The van der Waals surface area contributed by atoms with E-state index >= 15 is 0 Å². The smallest absolute Gasteiger partial charge is 0.326 e. The van der Waals surface area contributed by atoms with Crippen LogP contribution in [0.5, 0.6) is 0 Å². The van der Waals surface area contributed by atoms with Crippen LogP contribution in [0.25, 0.3) is 5.69 Å². The van der Waals surface area contributed by atoms with Crippen LogP contribution >= 0.6 is 0 Å². The highest BCUT2D eigenvalue weighted by molar-refractivity contribution is 5.96. The van der Waals surface area contributed by atoms with Crippen LogP contribution in [0.3, 0.4) is 0 Å². The molecule has 0 aliphatic rings. The normalized spacial score (nSPS) is 11.9. The Labute approximate surface area is 163 Å². The van der Waals surface area contributed by atoms with Gasteiger partial charge in [0.2, 0.25) is 5.91 Å². The predicted octanol–water partition coefficient (Wildman–Crippen LogP) is 1.23. The Morgan fingerprint density at radius 2 is 1.79 bits per heavy atom. The van der Waals surface area contributed by atoms with Gasteiger partial charge >= 0.3 is 5.97 Å². The molecule has 0 radical (unpaired) electrons. The van der Waals surface area contributed by atoms with E-state index in [0.29, 0.717) is 12.1 Å². The summed E-state index contributed by atoms with van der Waals surface area (Å²) in [5.74, 6) is -2.13. The molecule has 150 valence electrons. The monoisotopic (exact) mass is 387 g/mol. The summed E-state index contributed by atoms with van der Waals surface area (Å²) >= 11 is 0. The maximum atomic E-state index is 12.3. The number of carbonyl (C=O) groups excluding carboxylic acids is 2. The number of hydrogen-bond donors (Lipinski definition) is 3. The summed E-state index contributed by atoms with van der Waals surface area (Å²) in [6.45, 7) is 7.06. The number of amides is 2. The number of carboxylic acid groups (broad SMARTS) is 1. The van der Waals surface area contributed by atoms with Crippen LogP contribution < -0.4 is 10.6 Å². The van der Waals surface area contributed by atoms with Gasteiger partial charge in [0.05, 0.1) is 17.9 Å². The quantitative estimate of drug-likeness (QED) is 0.625. The van der Waals surface area contributed by atoms with Crippen molar-refractivity contribution in [2.45, 2.75) is 40.2 Å². The van der Waals surface area contributed by atoms with E-state index in [4.69, 9.17) is 5.11 Å². The maximum absolute atomic E-state index is 12.3. The number of carbonyl (C=O) groups is 3. The van der Waals surface area contributed by atoms with Crippen molar-refractivity contribution in [3.05, 3.63) is 41.2 Å². The molecule has 0 unspecified atom stereocenters. The van der Waals surface area contributed by atoms with Gasteiger partial charge in [0.15, 0.2) is 5.69 Å². The lowest BCUT2D eigenvalue weighted by molar-refractivity contribution is -0.142. The predicted molar refractivity (Wildman–Crippen MR) is 102 cm³/mol. The van der Waals surface area contributed by atoms with Gasteiger partial charge in [0, 0.05) is 0 Å². The number of aromatic nitrogens is 3. The van der Waals surface area contributed by atoms with Gasteiger partial charge in [-0.3, -0.25) is 9.59 Å². The lowest BCUT2D eigenvalue weighted by atomic mass is 10.0. The molecule has 0 spiro atoms. The third-order valence-electron chi connectivity index (χ3n) is 4.14. The van der Waals surface area contributed by atoms with Crippen molar-refractivity contribution in [1.29, 1.82) is 0 Å². The fraction of sp³-hybridized carbons (Fsp3) is 0.421. The zero-order valence-corrected chi connectivity index (χ0v) is 16.4. The maximum Gasteiger partial charge on any atom is 0.326 e. The number of benzene rings is 1. The lowest BCUT2D eigenvalue weighted by Crippen LogP contribution is -2.46. The Hall–Kier alpha value is -3.23. The SMILES string of the molecule is Cc1ccc(-n2nnc(C(=O)NCC(=O)N[C@@H](CC(C)C)C(=O)O)c2C)cc1. The third kappa shape index (κ3) is 5.38. The number of nitrogens with zero attached hydrogens (tertiary/aromatic N) is 3. The summed E-state index contributed by atoms with van der Waals surface area (Å²) in [5, 5.41) is 21.9. The molecule has 0 aliphatic heterocycles. The van der Waals surface area contributed by atoms with Crippen molar-refractivity contribution in [2.24, 2.45) is 5.92 Å². The molecule has 28 heavy (non-hydrogen) atoms. The van der Waals surface area contributed by atoms with Gasteiger partial charge < -0.3 is 15.7 Å². The highest BCUT2D eigenvalue weighted by atomic mass is 16.4. The molecule has 1 aromatic heterocycles. The molecule has 2 rings (SSSR count). The van der Waals surface area contributed by atoms with E-state index < -0.39 is 23.8 Å². The van der Waals surface area contributed by atoms with Crippen molar-refractivity contribution in [2.75, 3.05) is 6.54 Å². The number of nitrogens with one attached hydrogen (secondary N) is 2. The second-order valence-corrected chi connectivity index (χ2v) is 7.04. The number of rotatable bonds is 8. The van der Waals surface area contributed by atoms with Crippen molar-refractivity contribution < 1.29 is 19.5 Å². The van der Waals surface area contributed by atoms with Gasteiger partial charge in [-0.05, 0) is 38.3 Å². The Morgan fingerprint density at radius 3 is 2.36 bits per heavy atom. The second-order valence-electron chi connectivity index (χ2n) is 7.04. The minimum atomic E-state index is -1.11. The van der Waals surface area contributed by atoms with Crippen LogP contribution in [0.2, 0.25) is 0 Å². The van der Waals surface area contributed by atoms with Crippen LogP contribution in [0.4, 0.5) is 0 Å². The Morgan fingerprint density at radius 1 is 1.14 bits per heavy atom. The molecule has 3 N–H and O–H groups in total. The summed E-state index contributed by atoms with van der Waals surface area (Å²) in [6, 6.07) is 6.60. The van der Waals surface area contributed by atoms with Crippen LogP contribution in [0.15, 0.2) is 24.3 Å². The molecule has 0 fully saturated rings. The van der Waals surface area contributed by atoms with Crippen LogP contribution in [-0.2, 0) is 9.59 Å². The van der Waals surface area contributed by atoms with Crippen molar-refractivity contribution in [1.82, 2.24) is 25.6 Å². The molecule has 2 amide bonds. The molecular formula is C19H25N5O4. The van der Waals surface area contributed by atoms with Crippen LogP contribution in [-0.4, -0.2) is 50.5 Å². The van der Waals surface area contributed by atoms with E-state index in [1.165, 1.54) is 4.68 Å². The molecule has 1 aromatic carbocycles. The molecule has 0 saturated heterocycles. The number of carboxylic acids is 1. The molecule has 1 heterocycles. The van der Waals surface area contributed by atoms with E-state index in [1.54, 1.807) is 6.92 Å². The lowest BCUT2D eigenvalue weighted by Gasteiger charge is -2.16. The van der Waals surface area contributed by atoms with Gasteiger partial charge in [-0.2, -0.15) is 0 Å². The molecular weight excluding hydrogens is 362 g/mol. The van der Waals surface area contributed by atoms with E-state index in [-0.39, 0.29) is 18.2 Å². The first-order valence-electron chi connectivity index (χ1n) is 8.98. The topological polar surface area (TPSA) is 126 Å². The molecule has 0 aliphatic carbocycles. The van der Waals surface area contributed by atoms with Gasteiger partial charge in [-0.1, -0.05) is 36.8 Å². The van der Waals surface area contributed by atoms with Crippen molar-refractivity contribution in [3.8, 4) is 5.69 Å². The van der Waals surface area contributed by atoms with Gasteiger partial charge in [0.25, 0.3) is 5.91 Å². The number of aliphatic carboxylic acids is 1. The molecule has 1 atom stereocenters. The van der Waals surface area contributed by atoms with E-state index in [1.807, 2.05) is 45.0 Å². The fourth-order valence-electron chi connectivity index (χ4n) is 2.65. The molecule has 9 nitrogen and oxygen atoms in total. The first kappa shape index (κ1) is 21.1. The second kappa shape index (κ2) is 9.12. The van der Waals surface area contributed by atoms with Crippen molar-refractivity contribution in [3.63, 3.8) is 0 Å². The molecule has 0 saturated carbocycles. The highest BCUT2D eigenvalue weighted by Crippen LogP contribution is 2.13. The fourth-order valence-corrected chi connectivity index (χ4v) is 2.65. The van der Waals surface area contributed by atoms with Gasteiger partial charge in [0.1, 0.15) is 6.04 Å². The Bertz CT molecular complexity index is 858. The summed E-state index contributed by atoms with van der Waals surface area (Å²) in [7, 11) is 0. The van der Waals surface area contributed by atoms with Crippen LogP contribution in [0, 0.1) is 19.8 Å². The summed E-state index contributed by atoms with van der Waals surface area (Å²) in [4.78, 5) is 35.5. The summed E-state index contributed by atoms with van der Waals surface area (Å²) in [5.41, 5.74) is 2.50. The number of aryl methyl sites for hydroxylation is 1. The third-order valence-corrected chi connectivity index (χ3v) is 4.14. The molecule has 9 heteroatoms. The molecule has 0 bridgehead atoms. The van der Waals surface area contributed by atoms with E-state index in [2.05, 4.69) is 20.9 Å². The summed E-state index contributed by atoms with van der Waals surface area (Å²) < 4.78 is 1.54. The minimum absolute atomic E-state index is 0.102.